The zero-order valence-electron chi connectivity index (χ0n) is 11.8. The van der Waals surface area contributed by atoms with Gasteiger partial charge in [-0.1, -0.05) is 17.7 Å². The number of aryl methyl sites for hydroxylation is 2. The summed E-state index contributed by atoms with van der Waals surface area (Å²) in [4.78, 5) is -0.0568. The van der Waals surface area contributed by atoms with Crippen LogP contribution in [-0.4, -0.2) is 8.42 Å². The number of hydrogen-bond acceptors (Lipinski definition) is 3. The highest BCUT2D eigenvalue weighted by molar-refractivity contribution is 8.13. The Morgan fingerprint density at radius 1 is 1.00 bits per heavy atom. The molecule has 2 aromatic rings. The van der Waals surface area contributed by atoms with Gasteiger partial charge < -0.3 is 4.74 Å². The van der Waals surface area contributed by atoms with Crippen molar-refractivity contribution in [2.45, 2.75) is 25.7 Å². The quantitative estimate of drug-likeness (QED) is 0.737. The molecule has 0 saturated carbocycles. The van der Waals surface area contributed by atoms with E-state index in [-0.39, 0.29) is 9.92 Å². The summed E-state index contributed by atoms with van der Waals surface area (Å²) in [5.74, 6) is 1.07. The summed E-state index contributed by atoms with van der Waals surface area (Å²) in [6.07, 6.45) is 0. The summed E-state index contributed by atoms with van der Waals surface area (Å²) >= 11 is 6.07. The largest absolute Gasteiger partial charge is 0.456 e. The second-order valence-corrected chi connectivity index (χ2v) is 7.81. The third-order valence-corrected chi connectivity index (χ3v) is 4.82. The molecule has 0 radical (unpaired) electrons. The Morgan fingerprint density at radius 2 is 1.67 bits per heavy atom. The van der Waals surface area contributed by atoms with E-state index in [9.17, 15) is 8.42 Å². The second-order valence-electron chi connectivity index (χ2n) is 4.84. The summed E-state index contributed by atoms with van der Waals surface area (Å²) in [5.41, 5.74) is 3.19. The van der Waals surface area contributed by atoms with Crippen molar-refractivity contribution in [2.75, 3.05) is 0 Å². The summed E-state index contributed by atoms with van der Waals surface area (Å²) in [6, 6.07) is 8.10. The molecule has 0 fully saturated rings. The topological polar surface area (TPSA) is 43.4 Å². The van der Waals surface area contributed by atoms with Crippen LogP contribution in [0.25, 0.3) is 0 Å². The van der Waals surface area contributed by atoms with Gasteiger partial charge in [0.1, 0.15) is 11.5 Å². The van der Waals surface area contributed by atoms with E-state index in [1.54, 1.807) is 0 Å². The van der Waals surface area contributed by atoms with Crippen LogP contribution in [0, 0.1) is 20.8 Å². The Labute approximate surface area is 133 Å². The van der Waals surface area contributed by atoms with Gasteiger partial charge in [0, 0.05) is 10.7 Å². The molecule has 2 aromatic carbocycles. The number of rotatable bonds is 3. The van der Waals surface area contributed by atoms with Gasteiger partial charge in [-0.15, -0.1) is 0 Å². The molecule has 0 bridgehead atoms. The van der Waals surface area contributed by atoms with Crippen molar-refractivity contribution in [3.8, 4) is 11.5 Å². The molecule has 0 spiro atoms. The lowest BCUT2D eigenvalue weighted by Gasteiger charge is -2.13. The van der Waals surface area contributed by atoms with Crippen LogP contribution in [-0.2, 0) is 9.05 Å². The Kier molecular flexibility index (Phi) is 4.51. The SMILES string of the molecule is Cc1cc(C)c(C)c(Oc2ccc(S(=O)(=O)Cl)cc2Cl)c1. The van der Waals surface area contributed by atoms with Gasteiger partial charge in [0.05, 0.1) is 9.92 Å². The molecule has 6 heteroatoms. The van der Waals surface area contributed by atoms with E-state index in [0.29, 0.717) is 11.5 Å². The normalized spacial score (nSPS) is 11.5. The molecule has 2 rings (SSSR count). The van der Waals surface area contributed by atoms with Crippen molar-refractivity contribution in [2.24, 2.45) is 0 Å². The first-order valence-electron chi connectivity index (χ1n) is 6.18. The maximum atomic E-state index is 11.3. The van der Waals surface area contributed by atoms with Crippen molar-refractivity contribution in [1.29, 1.82) is 0 Å². The molecule has 21 heavy (non-hydrogen) atoms. The maximum Gasteiger partial charge on any atom is 0.261 e. The Morgan fingerprint density at radius 3 is 2.24 bits per heavy atom. The summed E-state index contributed by atoms with van der Waals surface area (Å²) in [7, 11) is 1.48. The van der Waals surface area contributed by atoms with Crippen LogP contribution >= 0.6 is 22.3 Å². The lowest BCUT2D eigenvalue weighted by Crippen LogP contribution is -1.94. The number of hydrogen-bond donors (Lipinski definition) is 0. The molecule has 0 atom stereocenters. The van der Waals surface area contributed by atoms with Gasteiger partial charge in [-0.05, 0) is 61.7 Å². The predicted molar refractivity (Wildman–Crippen MR) is 85.2 cm³/mol. The van der Waals surface area contributed by atoms with Crippen molar-refractivity contribution >= 4 is 31.3 Å². The molecular weight excluding hydrogens is 331 g/mol. The minimum Gasteiger partial charge on any atom is -0.456 e. The van der Waals surface area contributed by atoms with Gasteiger partial charge in [0.25, 0.3) is 9.05 Å². The molecule has 0 saturated heterocycles. The zero-order valence-corrected chi connectivity index (χ0v) is 14.1. The second kappa shape index (κ2) is 5.87. The van der Waals surface area contributed by atoms with E-state index in [1.807, 2.05) is 26.8 Å². The van der Waals surface area contributed by atoms with Crippen LogP contribution in [0.2, 0.25) is 5.02 Å². The lowest BCUT2D eigenvalue weighted by molar-refractivity contribution is 0.477. The zero-order chi connectivity index (χ0) is 15.8. The smallest absolute Gasteiger partial charge is 0.261 e. The number of benzene rings is 2. The monoisotopic (exact) mass is 344 g/mol. The average Bonchev–Trinajstić information content (AvgIpc) is 2.36. The molecule has 0 aliphatic rings. The van der Waals surface area contributed by atoms with Gasteiger partial charge in [0.2, 0.25) is 0 Å². The van der Waals surface area contributed by atoms with Crippen LogP contribution < -0.4 is 4.74 Å². The summed E-state index contributed by atoms with van der Waals surface area (Å²) in [6.45, 7) is 5.93. The third kappa shape index (κ3) is 3.70. The molecule has 3 nitrogen and oxygen atoms in total. The highest BCUT2D eigenvalue weighted by atomic mass is 35.7. The third-order valence-electron chi connectivity index (χ3n) is 3.17. The molecule has 0 heterocycles. The van der Waals surface area contributed by atoms with E-state index in [2.05, 4.69) is 6.07 Å². The first-order chi connectivity index (χ1) is 9.68. The van der Waals surface area contributed by atoms with E-state index >= 15 is 0 Å². The summed E-state index contributed by atoms with van der Waals surface area (Å²) in [5, 5.41) is 0.190. The highest BCUT2D eigenvalue weighted by Crippen LogP contribution is 2.34. The van der Waals surface area contributed by atoms with Gasteiger partial charge in [-0.2, -0.15) is 0 Å². The van der Waals surface area contributed by atoms with Crippen molar-refractivity contribution in [3.05, 3.63) is 52.0 Å². The Bertz CT molecular complexity index is 799. The van der Waals surface area contributed by atoms with Crippen LogP contribution in [0.5, 0.6) is 11.5 Å². The van der Waals surface area contributed by atoms with E-state index in [4.69, 9.17) is 27.0 Å². The number of halogens is 2. The molecule has 0 unspecified atom stereocenters. The van der Waals surface area contributed by atoms with Crippen LogP contribution in [0.4, 0.5) is 0 Å². The van der Waals surface area contributed by atoms with Gasteiger partial charge in [-0.3, -0.25) is 0 Å². The molecular formula is C15H14Cl2O3S. The predicted octanol–water partition coefficient (Wildman–Crippen LogP) is 4.99. The van der Waals surface area contributed by atoms with Crippen LogP contribution in [0.1, 0.15) is 16.7 Å². The minimum atomic E-state index is -3.80. The van der Waals surface area contributed by atoms with E-state index in [0.717, 1.165) is 16.7 Å². The fraction of sp³-hybridized carbons (Fsp3) is 0.200. The van der Waals surface area contributed by atoms with E-state index in [1.165, 1.54) is 18.2 Å². The molecule has 0 amide bonds. The van der Waals surface area contributed by atoms with Crippen molar-refractivity contribution in [1.82, 2.24) is 0 Å². The fourth-order valence-corrected chi connectivity index (χ4v) is 3.00. The summed E-state index contributed by atoms with van der Waals surface area (Å²) < 4.78 is 28.3. The minimum absolute atomic E-state index is 0.0568. The van der Waals surface area contributed by atoms with Crippen LogP contribution in [0.15, 0.2) is 35.2 Å². The standard InChI is InChI=1S/C15H14Cl2O3S/c1-9-6-10(2)11(3)15(7-9)20-14-5-4-12(8-13(14)16)21(17,18)19/h4-8H,1-3H3. The molecule has 0 N–H and O–H groups in total. The van der Waals surface area contributed by atoms with Gasteiger partial charge in [0.15, 0.2) is 0 Å². The molecule has 112 valence electrons. The maximum absolute atomic E-state index is 11.3. The van der Waals surface area contributed by atoms with Gasteiger partial charge in [-0.25, -0.2) is 8.42 Å². The average molecular weight is 345 g/mol. The first kappa shape index (κ1) is 16.1. The fourth-order valence-electron chi connectivity index (χ4n) is 1.94. The Balaban J connectivity index is 2.42. The van der Waals surface area contributed by atoms with Crippen molar-refractivity contribution in [3.63, 3.8) is 0 Å². The van der Waals surface area contributed by atoms with E-state index < -0.39 is 9.05 Å². The van der Waals surface area contributed by atoms with Crippen molar-refractivity contribution < 1.29 is 13.2 Å². The molecule has 0 aromatic heterocycles. The Hall–Kier alpha value is -1.23. The van der Waals surface area contributed by atoms with Crippen LogP contribution in [0.3, 0.4) is 0 Å². The molecule has 0 aliphatic heterocycles. The highest BCUT2D eigenvalue weighted by Gasteiger charge is 2.14. The van der Waals surface area contributed by atoms with Gasteiger partial charge >= 0.3 is 0 Å². The number of ether oxygens (including phenoxy) is 1. The first-order valence-corrected chi connectivity index (χ1v) is 8.87. The molecule has 0 aliphatic carbocycles. The lowest BCUT2D eigenvalue weighted by atomic mass is 10.1.